The van der Waals surface area contributed by atoms with Gasteiger partial charge in [0.05, 0.1) is 18.8 Å². The summed E-state index contributed by atoms with van der Waals surface area (Å²) in [5, 5.41) is 3.47. The van der Waals surface area contributed by atoms with E-state index in [-0.39, 0.29) is 13.1 Å². The normalized spacial score (nSPS) is 12.5. The largest absolute Gasteiger partial charge is 0.344 e. The van der Waals surface area contributed by atoms with Crippen molar-refractivity contribution in [2.75, 3.05) is 12.8 Å². The summed E-state index contributed by atoms with van der Waals surface area (Å²) in [6.45, 7) is 1.70. The van der Waals surface area contributed by atoms with Crippen LogP contribution in [0.2, 0.25) is 5.02 Å². The van der Waals surface area contributed by atoms with Crippen LogP contribution in [0.3, 0.4) is 0 Å². The van der Waals surface area contributed by atoms with Crippen molar-refractivity contribution in [3.63, 3.8) is 0 Å². The lowest BCUT2D eigenvalue weighted by Crippen LogP contribution is -2.41. The van der Waals surface area contributed by atoms with Crippen LogP contribution < -0.4 is 5.32 Å². The molecule has 0 saturated heterocycles. The molecule has 0 unspecified atom stereocenters. The number of sulfonamides is 1. The topological polar surface area (TPSA) is 66.5 Å². The third kappa shape index (κ3) is 6.17. The standard InChI is InChI=1S/C24H25ClN2O3S/c1-18-10-6-8-14-21(18)24(19-11-4-3-5-12-19)26-23(28)17-27(31(2,29)30)16-20-13-7-9-15-22(20)25/h3-15,24H,16-17H2,1-2H3,(H,26,28)/t24-/m1/s1. The second-order valence-electron chi connectivity index (χ2n) is 7.39. The van der Waals surface area contributed by atoms with E-state index in [9.17, 15) is 13.2 Å². The van der Waals surface area contributed by atoms with E-state index in [1.165, 1.54) is 0 Å². The zero-order valence-electron chi connectivity index (χ0n) is 17.5. The number of nitrogens with zero attached hydrogens (tertiary/aromatic N) is 1. The summed E-state index contributed by atoms with van der Waals surface area (Å²) in [6, 6.07) is 24.0. The first-order valence-corrected chi connectivity index (χ1v) is 12.1. The Hall–Kier alpha value is -2.67. The molecule has 1 amide bonds. The summed E-state index contributed by atoms with van der Waals surface area (Å²) in [5.74, 6) is -0.394. The van der Waals surface area contributed by atoms with Gasteiger partial charge in [0, 0.05) is 11.6 Å². The van der Waals surface area contributed by atoms with Crippen molar-refractivity contribution >= 4 is 27.5 Å². The van der Waals surface area contributed by atoms with Gasteiger partial charge in [-0.25, -0.2) is 8.42 Å². The Morgan fingerprint density at radius 3 is 2.23 bits per heavy atom. The highest BCUT2D eigenvalue weighted by molar-refractivity contribution is 7.88. The first kappa shape index (κ1) is 23.0. The number of amides is 1. The second kappa shape index (κ2) is 10.1. The predicted octanol–water partition coefficient (Wildman–Crippen LogP) is 4.32. The summed E-state index contributed by atoms with van der Waals surface area (Å²) >= 11 is 6.19. The van der Waals surface area contributed by atoms with Gasteiger partial charge in [0.25, 0.3) is 0 Å². The Morgan fingerprint density at radius 2 is 1.58 bits per heavy atom. The number of benzene rings is 3. The monoisotopic (exact) mass is 456 g/mol. The molecule has 5 nitrogen and oxygen atoms in total. The maximum absolute atomic E-state index is 13.0. The summed E-state index contributed by atoms with van der Waals surface area (Å²) in [4.78, 5) is 13.0. The van der Waals surface area contributed by atoms with Gasteiger partial charge in [-0.15, -0.1) is 0 Å². The van der Waals surface area contributed by atoms with E-state index in [0.29, 0.717) is 10.6 Å². The summed E-state index contributed by atoms with van der Waals surface area (Å²) in [5.41, 5.74) is 3.55. The Bertz CT molecular complexity index is 1150. The number of hydrogen-bond donors (Lipinski definition) is 1. The van der Waals surface area contributed by atoms with Crippen molar-refractivity contribution in [3.8, 4) is 0 Å². The van der Waals surface area contributed by atoms with Crippen LogP contribution in [-0.4, -0.2) is 31.4 Å². The van der Waals surface area contributed by atoms with Gasteiger partial charge in [-0.1, -0.05) is 84.4 Å². The fourth-order valence-corrected chi connectivity index (χ4v) is 4.29. The zero-order valence-corrected chi connectivity index (χ0v) is 19.0. The van der Waals surface area contributed by atoms with Crippen LogP contribution in [0.15, 0.2) is 78.9 Å². The van der Waals surface area contributed by atoms with Gasteiger partial charge < -0.3 is 5.32 Å². The molecule has 7 heteroatoms. The van der Waals surface area contributed by atoms with Gasteiger partial charge in [0.2, 0.25) is 15.9 Å². The maximum Gasteiger partial charge on any atom is 0.236 e. The predicted molar refractivity (Wildman–Crippen MR) is 124 cm³/mol. The molecule has 31 heavy (non-hydrogen) atoms. The average Bonchev–Trinajstić information content (AvgIpc) is 2.73. The summed E-state index contributed by atoms with van der Waals surface area (Å²) in [6.07, 6.45) is 1.09. The molecule has 3 aromatic carbocycles. The smallest absolute Gasteiger partial charge is 0.236 e. The Kier molecular flexibility index (Phi) is 7.49. The first-order valence-electron chi connectivity index (χ1n) is 9.84. The number of nitrogens with one attached hydrogen (secondary N) is 1. The number of carbonyl (C=O) groups is 1. The van der Waals surface area contributed by atoms with Gasteiger partial charge in [-0.2, -0.15) is 4.31 Å². The van der Waals surface area contributed by atoms with E-state index >= 15 is 0 Å². The molecule has 0 aliphatic rings. The zero-order chi connectivity index (χ0) is 22.4. The molecule has 0 spiro atoms. The van der Waals surface area contributed by atoms with E-state index in [0.717, 1.165) is 27.3 Å². The first-order chi connectivity index (χ1) is 14.8. The molecule has 0 saturated carbocycles. The Balaban J connectivity index is 1.85. The second-order valence-corrected chi connectivity index (χ2v) is 9.78. The van der Waals surface area contributed by atoms with Crippen molar-refractivity contribution < 1.29 is 13.2 Å². The molecule has 0 fully saturated rings. The van der Waals surface area contributed by atoms with Gasteiger partial charge in [-0.3, -0.25) is 4.79 Å². The Labute approximate surface area is 188 Å². The van der Waals surface area contributed by atoms with Crippen LogP contribution >= 0.6 is 11.6 Å². The molecule has 1 N–H and O–H groups in total. The lowest BCUT2D eigenvalue weighted by molar-refractivity contribution is -0.121. The number of rotatable bonds is 8. The minimum absolute atomic E-state index is 0.0201. The van der Waals surface area contributed by atoms with Crippen LogP contribution in [-0.2, 0) is 21.4 Å². The van der Waals surface area contributed by atoms with Gasteiger partial charge in [0.15, 0.2) is 0 Å². The van der Waals surface area contributed by atoms with Crippen LogP contribution in [0.4, 0.5) is 0 Å². The van der Waals surface area contributed by atoms with Crippen molar-refractivity contribution in [2.24, 2.45) is 0 Å². The highest BCUT2D eigenvalue weighted by Gasteiger charge is 2.24. The van der Waals surface area contributed by atoms with E-state index < -0.39 is 22.0 Å². The van der Waals surface area contributed by atoms with E-state index in [4.69, 9.17) is 11.6 Å². The molecule has 0 aliphatic carbocycles. The van der Waals surface area contributed by atoms with Crippen molar-refractivity contribution in [2.45, 2.75) is 19.5 Å². The molecular formula is C24H25ClN2O3S. The van der Waals surface area contributed by atoms with Gasteiger partial charge >= 0.3 is 0 Å². The molecule has 3 rings (SSSR count). The summed E-state index contributed by atoms with van der Waals surface area (Å²) < 4.78 is 25.9. The van der Waals surface area contributed by atoms with Crippen molar-refractivity contribution in [1.82, 2.24) is 9.62 Å². The number of halogens is 1. The minimum atomic E-state index is -3.63. The number of aryl methyl sites for hydroxylation is 1. The minimum Gasteiger partial charge on any atom is -0.344 e. The molecule has 3 aromatic rings. The lowest BCUT2D eigenvalue weighted by Gasteiger charge is -2.24. The summed E-state index contributed by atoms with van der Waals surface area (Å²) in [7, 11) is -3.63. The van der Waals surface area contributed by atoms with Crippen LogP contribution in [0.1, 0.15) is 28.3 Å². The fourth-order valence-electron chi connectivity index (χ4n) is 3.37. The highest BCUT2D eigenvalue weighted by Crippen LogP contribution is 2.25. The van der Waals surface area contributed by atoms with Crippen LogP contribution in [0, 0.1) is 6.92 Å². The van der Waals surface area contributed by atoms with Gasteiger partial charge in [0.1, 0.15) is 0 Å². The highest BCUT2D eigenvalue weighted by atomic mass is 35.5. The third-order valence-electron chi connectivity index (χ3n) is 5.03. The third-order valence-corrected chi connectivity index (χ3v) is 6.60. The molecule has 0 aromatic heterocycles. The molecule has 0 bridgehead atoms. The molecule has 0 aliphatic heterocycles. The maximum atomic E-state index is 13.0. The van der Waals surface area contributed by atoms with E-state index in [1.54, 1.807) is 24.3 Å². The molecular weight excluding hydrogens is 432 g/mol. The Morgan fingerprint density at radius 1 is 0.968 bits per heavy atom. The number of carbonyl (C=O) groups excluding carboxylic acids is 1. The van der Waals surface area contributed by atoms with Crippen molar-refractivity contribution in [1.29, 1.82) is 0 Å². The van der Waals surface area contributed by atoms with Crippen molar-refractivity contribution in [3.05, 3.63) is 106 Å². The SMILES string of the molecule is Cc1ccccc1[C@H](NC(=O)CN(Cc1ccccc1Cl)S(C)(=O)=O)c1ccccc1. The lowest BCUT2D eigenvalue weighted by atomic mass is 9.95. The molecule has 162 valence electrons. The van der Waals surface area contributed by atoms with E-state index in [2.05, 4.69) is 5.32 Å². The van der Waals surface area contributed by atoms with Gasteiger partial charge in [-0.05, 0) is 35.2 Å². The molecule has 1 atom stereocenters. The fraction of sp³-hybridized carbons (Fsp3) is 0.208. The molecule has 0 radical (unpaired) electrons. The number of hydrogen-bond acceptors (Lipinski definition) is 3. The van der Waals surface area contributed by atoms with E-state index in [1.807, 2.05) is 61.5 Å². The molecule has 0 heterocycles. The quantitative estimate of drug-likeness (QED) is 0.549. The van der Waals surface area contributed by atoms with Crippen LogP contribution in [0.5, 0.6) is 0 Å². The van der Waals surface area contributed by atoms with Crippen LogP contribution in [0.25, 0.3) is 0 Å². The average molecular weight is 457 g/mol.